The Bertz CT molecular complexity index is 3410. The van der Waals surface area contributed by atoms with Crippen LogP contribution in [0.4, 0.5) is 0 Å². The third-order valence-electron chi connectivity index (χ3n) is 15.4. The van der Waals surface area contributed by atoms with Crippen molar-refractivity contribution >= 4 is 59.9 Å². The summed E-state index contributed by atoms with van der Waals surface area (Å²) in [5, 5.41) is 0. The van der Waals surface area contributed by atoms with Gasteiger partial charge in [0, 0.05) is 34.8 Å². The Morgan fingerprint density at radius 3 is 0.969 bits per heavy atom. The molecular formula is C82H104O16. The average Bonchev–Trinajstić information content (AvgIpc) is 0.887. The number of carbonyl (C=O) groups excluding carboxylic acids is 8. The summed E-state index contributed by atoms with van der Waals surface area (Å²) in [6.07, 6.45) is 7.62. The minimum absolute atomic E-state index is 0.0161. The SMILES string of the molecule is CCC(OC(=O)C(C)(C)C)C(C)COC(=O)C(C)(C)C.CCC(OC(=O)C=Cc1ccccc1)C(C)(C)COC(=O)c1ccccc1.CCC(OC(=O)C=Cc1ccccc1)C(C)COC(=O)c1ccccc1.CCC(OC(=O)c1ccccc1)C(C)(C)COC(=O)c1ccccc1. The van der Waals surface area contributed by atoms with Gasteiger partial charge in [0.05, 0.1) is 46.3 Å². The largest absolute Gasteiger partial charge is 0.465 e. The van der Waals surface area contributed by atoms with Gasteiger partial charge in [-0.15, -0.1) is 0 Å². The van der Waals surface area contributed by atoms with E-state index in [2.05, 4.69) is 0 Å². The second-order valence-electron chi connectivity index (χ2n) is 27.1. The monoisotopic (exact) mass is 1340 g/mol. The first-order valence-corrected chi connectivity index (χ1v) is 33.5. The zero-order valence-electron chi connectivity index (χ0n) is 60.3. The molecule has 16 heteroatoms. The molecule has 0 spiro atoms. The minimum Gasteiger partial charge on any atom is -0.465 e. The lowest BCUT2D eigenvalue weighted by atomic mass is 9.85. The topological polar surface area (TPSA) is 210 Å². The smallest absolute Gasteiger partial charge is 0.338 e. The molecule has 0 aliphatic carbocycles. The van der Waals surface area contributed by atoms with Crippen LogP contribution in [0.3, 0.4) is 0 Å². The van der Waals surface area contributed by atoms with E-state index >= 15 is 0 Å². The first-order chi connectivity index (χ1) is 46.3. The summed E-state index contributed by atoms with van der Waals surface area (Å²) in [7, 11) is 0. The van der Waals surface area contributed by atoms with Crippen LogP contribution in [0.15, 0.2) is 194 Å². The molecule has 0 radical (unpaired) electrons. The summed E-state index contributed by atoms with van der Waals surface area (Å²) in [4.78, 5) is 96.4. The third kappa shape index (κ3) is 31.2. The number of hydrogen-bond acceptors (Lipinski definition) is 16. The van der Waals surface area contributed by atoms with Gasteiger partial charge in [-0.2, -0.15) is 0 Å². The van der Waals surface area contributed by atoms with Gasteiger partial charge in [-0.1, -0.05) is 203 Å². The van der Waals surface area contributed by atoms with E-state index in [0.29, 0.717) is 47.9 Å². The summed E-state index contributed by atoms with van der Waals surface area (Å²) in [5.74, 6) is -2.88. The zero-order chi connectivity index (χ0) is 72.9. The van der Waals surface area contributed by atoms with E-state index < -0.39 is 33.6 Å². The third-order valence-corrected chi connectivity index (χ3v) is 15.4. The summed E-state index contributed by atoms with van der Waals surface area (Å²) in [5.41, 5.74) is 1.86. The molecule has 0 saturated heterocycles. The van der Waals surface area contributed by atoms with E-state index in [4.69, 9.17) is 37.9 Å². The Labute approximate surface area is 581 Å². The molecule has 0 aliphatic heterocycles. The van der Waals surface area contributed by atoms with E-state index in [1.807, 2.05) is 196 Å². The van der Waals surface area contributed by atoms with Crippen molar-refractivity contribution in [1.29, 1.82) is 0 Å². The second kappa shape index (κ2) is 42.3. The predicted molar refractivity (Wildman–Crippen MR) is 383 cm³/mol. The van der Waals surface area contributed by atoms with E-state index in [1.54, 1.807) is 109 Å². The molecule has 6 unspecified atom stereocenters. The van der Waals surface area contributed by atoms with Crippen molar-refractivity contribution < 1.29 is 76.3 Å². The quantitative estimate of drug-likeness (QED) is 0.0254. The molecule has 98 heavy (non-hydrogen) atoms. The van der Waals surface area contributed by atoms with Crippen molar-refractivity contribution in [2.24, 2.45) is 33.5 Å². The molecular weight excluding hydrogens is 1240 g/mol. The van der Waals surface area contributed by atoms with Crippen LogP contribution in [0.25, 0.3) is 12.2 Å². The van der Waals surface area contributed by atoms with Crippen LogP contribution in [0.1, 0.15) is 189 Å². The molecule has 6 rings (SSSR count). The highest BCUT2D eigenvalue weighted by molar-refractivity contribution is 5.91. The molecule has 0 bridgehead atoms. The summed E-state index contributed by atoms with van der Waals surface area (Å²) in [6.45, 7) is 31.1. The summed E-state index contributed by atoms with van der Waals surface area (Å²) < 4.78 is 43.8. The zero-order valence-corrected chi connectivity index (χ0v) is 60.3. The van der Waals surface area contributed by atoms with Crippen LogP contribution in [-0.4, -0.2) is 98.6 Å². The van der Waals surface area contributed by atoms with E-state index in [1.165, 1.54) is 12.2 Å². The lowest BCUT2D eigenvalue weighted by Crippen LogP contribution is -2.38. The Balaban J connectivity index is 0.000000342. The molecule has 16 nitrogen and oxygen atoms in total. The number of benzene rings is 6. The Kier molecular flexibility index (Phi) is 35.7. The molecule has 0 saturated carbocycles. The van der Waals surface area contributed by atoms with Gasteiger partial charge in [-0.25, -0.2) is 28.8 Å². The summed E-state index contributed by atoms with van der Waals surface area (Å²) >= 11 is 0. The number of ether oxygens (including phenoxy) is 8. The first kappa shape index (κ1) is 82.8. The Morgan fingerprint density at radius 2 is 0.633 bits per heavy atom. The standard InChI is InChI=1S/C23H26O4.C22H24O4.C21H24O4.C16H30O4/c1-4-20(27-21(24)16-15-18-11-7-5-8-12-18)23(2,3)17-26-22(25)19-13-9-6-10-14-19;1-3-20(26-21(23)15-14-18-10-6-4-7-11-18)17(2)16-25-22(24)19-12-8-5-9-13-19;1-4-18(25-20(23)17-13-9-6-10-14-17)21(2,3)15-24-19(22)16-11-7-5-8-12-16;1-9-12(20-14(18)16(6,7)8)11(2)10-19-13(17)15(3,4)5/h5-16,20H,4,17H2,1-3H3;4-15,17,20H,3,16H2,1-2H3;5-14,18H,4,15H2,1-3H3;11-12H,9-10H2,1-8H3. The van der Waals surface area contributed by atoms with Crippen LogP contribution in [0, 0.1) is 33.5 Å². The molecule has 6 aromatic rings. The number of hydrogen-bond donors (Lipinski definition) is 0. The van der Waals surface area contributed by atoms with Crippen molar-refractivity contribution in [2.45, 2.75) is 161 Å². The normalized spacial score (nSPS) is 13.2. The lowest BCUT2D eigenvalue weighted by molar-refractivity contribution is -0.165. The fraction of sp³-hybridized carbons (Fsp3) is 0.415. The van der Waals surface area contributed by atoms with Crippen LogP contribution in [-0.2, 0) is 57.1 Å². The highest BCUT2D eigenvalue weighted by atomic mass is 16.6. The van der Waals surface area contributed by atoms with E-state index in [-0.39, 0.29) is 98.5 Å². The highest BCUT2D eigenvalue weighted by Crippen LogP contribution is 2.30. The molecule has 0 aliphatic rings. The van der Waals surface area contributed by atoms with Gasteiger partial charge in [0.1, 0.15) is 37.6 Å². The summed E-state index contributed by atoms with van der Waals surface area (Å²) in [6, 6.07) is 54.5. The average molecular weight is 1350 g/mol. The molecule has 0 aromatic heterocycles. The molecule has 6 aromatic carbocycles. The predicted octanol–water partition coefficient (Wildman–Crippen LogP) is 17.5. The van der Waals surface area contributed by atoms with Crippen LogP contribution in [0.5, 0.6) is 0 Å². The van der Waals surface area contributed by atoms with Gasteiger partial charge < -0.3 is 37.9 Å². The van der Waals surface area contributed by atoms with Crippen molar-refractivity contribution in [3.8, 4) is 0 Å². The van der Waals surface area contributed by atoms with Crippen LogP contribution in [0.2, 0.25) is 0 Å². The first-order valence-electron chi connectivity index (χ1n) is 33.5. The number of carbonyl (C=O) groups is 8. The van der Waals surface area contributed by atoms with Gasteiger partial charge in [-0.3, -0.25) is 9.59 Å². The van der Waals surface area contributed by atoms with Gasteiger partial charge in [0.15, 0.2) is 0 Å². The Hall–Kier alpha value is -9.44. The second-order valence-corrected chi connectivity index (χ2v) is 27.1. The molecule has 0 N–H and O–H groups in total. The molecule has 0 fully saturated rings. The molecule has 6 atom stereocenters. The molecule has 0 heterocycles. The van der Waals surface area contributed by atoms with Gasteiger partial charge in [0.25, 0.3) is 0 Å². The molecule has 528 valence electrons. The number of rotatable bonds is 28. The highest BCUT2D eigenvalue weighted by Gasteiger charge is 2.35. The van der Waals surface area contributed by atoms with E-state index in [0.717, 1.165) is 11.1 Å². The fourth-order valence-electron chi connectivity index (χ4n) is 9.21. The minimum atomic E-state index is -0.519. The van der Waals surface area contributed by atoms with Crippen molar-refractivity contribution in [2.75, 3.05) is 26.4 Å². The molecule has 0 amide bonds. The lowest BCUT2D eigenvalue weighted by Gasteiger charge is -2.32. The van der Waals surface area contributed by atoms with Gasteiger partial charge in [-0.05, 0) is 139 Å². The van der Waals surface area contributed by atoms with Crippen molar-refractivity contribution in [3.63, 3.8) is 0 Å². The van der Waals surface area contributed by atoms with Crippen molar-refractivity contribution in [3.05, 3.63) is 228 Å². The van der Waals surface area contributed by atoms with E-state index in [9.17, 15) is 38.4 Å². The van der Waals surface area contributed by atoms with Crippen LogP contribution >= 0.6 is 0 Å². The number of esters is 8. The van der Waals surface area contributed by atoms with Crippen molar-refractivity contribution in [1.82, 2.24) is 0 Å². The van der Waals surface area contributed by atoms with Crippen LogP contribution < -0.4 is 0 Å². The maximum atomic E-state index is 12.3. The maximum absolute atomic E-state index is 12.3. The van der Waals surface area contributed by atoms with Gasteiger partial charge in [0.2, 0.25) is 0 Å². The fourth-order valence-corrected chi connectivity index (χ4v) is 9.21. The van der Waals surface area contributed by atoms with Gasteiger partial charge >= 0.3 is 47.8 Å². The Morgan fingerprint density at radius 1 is 0.337 bits per heavy atom. The maximum Gasteiger partial charge on any atom is 0.338 e.